The van der Waals surface area contributed by atoms with Gasteiger partial charge in [0.15, 0.2) is 0 Å². The van der Waals surface area contributed by atoms with E-state index in [0.717, 1.165) is 11.3 Å². The zero-order valence-electron chi connectivity index (χ0n) is 22.9. The molecule has 0 aromatic rings. The van der Waals surface area contributed by atoms with Crippen LogP contribution in [0.1, 0.15) is 48.0 Å². The van der Waals surface area contributed by atoms with Gasteiger partial charge in [0.25, 0.3) is 5.91 Å². The Hall–Kier alpha value is -3.32. The molecule has 0 aliphatic rings. The molecular weight excluding hydrogens is 532 g/mol. The van der Waals surface area contributed by atoms with Crippen LogP contribution in [-0.2, 0) is 14.3 Å². The average molecular weight is 574 g/mol. The Morgan fingerprint density at radius 2 is 1.76 bits per heavy atom. The van der Waals surface area contributed by atoms with Gasteiger partial charge in [-0.1, -0.05) is 78.2 Å². The van der Waals surface area contributed by atoms with Gasteiger partial charge in [-0.3, -0.25) is 4.79 Å². The maximum Gasteiger partial charge on any atom is 0.408 e. The SMILES string of the molecule is C=C/C=C\C(=C)C(COC(=C)/C=C\C/C=C(\C)C(=O)NC(=C/C=C/Br)/C(C)=C\C)NC(=O)OC(C)(C)C. The number of hydrogen-bond donors (Lipinski definition) is 2. The first-order chi connectivity index (χ1) is 17.3. The minimum absolute atomic E-state index is 0.113. The molecule has 1 atom stereocenters. The zero-order chi connectivity index (χ0) is 28.4. The van der Waals surface area contributed by atoms with Gasteiger partial charge in [-0.05, 0) is 76.2 Å². The fraction of sp³-hybridized carbons (Fsp3) is 0.333. The minimum atomic E-state index is -0.628. The molecule has 0 heterocycles. The molecule has 0 aromatic heterocycles. The zero-order valence-corrected chi connectivity index (χ0v) is 24.5. The number of amides is 2. The summed E-state index contributed by atoms with van der Waals surface area (Å²) in [5, 5.41) is 5.69. The van der Waals surface area contributed by atoms with E-state index in [1.165, 1.54) is 0 Å². The molecule has 1 unspecified atom stereocenters. The van der Waals surface area contributed by atoms with Gasteiger partial charge in [0.1, 0.15) is 18.0 Å². The van der Waals surface area contributed by atoms with E-state index >= 15 is 0 Å². The Labute approximate surface area is 231 Å². The smallest absolute Gasteiger partial charge is 0.408 e. The van der Waals surface area contributed by atoms with Crippen LogP contribution in [0.3, 0.4) is 0 Å². The topological polar surface area (TPSA) is 76.7 Å². The summed E-state index contributed by atoms with van der Waals surface area (Å²) in [6.07, 6.45) is 15.9. The summed E-state index contributed by atoms with van der Waals surface area (Å²) in [6.45, 7) is 22.6. The predicted molar refractivity (Wildman–Crippen MR) is 158 cm³/mol. The highest BCUT2D eigenvalue weighted by atomic mass is 79.9. The predicted octanol–water partition coefficient (Wildman–Crippen LogP) is 7.48. The molecule has 0 spiro atoms. The third-order valence-corrected chi connectivity index (χ3v) is 4.99. The second-order valence-corrected chi connectivity index (χ2v) is 9.52. The number of alkyl carbamates (subject to hydrolysis) is 1. The number of hydrogen-bond acceptors (Lipinski definition) is 4. The number of halogens is 1. The fourth-order valence-corrected chi connectivity index (χ4v) is 2.71. The largest absolute Gasteiger partial charge is 0.492 e. The highest BCUT2D eigenvalue weighted by Crippen LogP contribution is 2.11. The molecule has 0 saturated heterocycles. The number of ether oxygens (including phenoxy) is 2. The van der Waals surface area contributed by atoms with Crippen molar-refractivity contribution in [2.24, 2.45) is 0 Å². The summed E-state index contributed by atoms with van der Waals surface area (Å²) in [5.74, 6) is 0.225. The number of nitrogens with one attached hydrogen (secondary N) is 2. The number of allylic oxidation sites excluding steroid dienone is 9. The van der Waals surface area contributed by atoms with Crippen LogP contribution in [0, 0.1) is 0 Å². The molecule has 0 saturated carbocycles. The normalized spacial score (nSPS) is 14.1. The van der Waals surface area contributed by atoms with Crippen LogP contribution in [0.4, 0.5) is 4.79 Å². The van der Waals surface area contributed by atoms with Gasteiger partial charge in [-0.25, -0.2) is 4.79 Å². The molecule has 2 N–H and O–H groups in total. The van der Waals surface area contributed by atoms with Crippen LogP contribution >= 0.6 is 15.9 Å². The Morgan fingerprint density at radius 1 is 1.08 bits per heavy atom. The molecule has 0 aromatic carbocycles. The maximum atomic E-state index is 12.5. The molecular formula is C30H41BrN2O4. The van der Waals surface area contributed by atoms with Crippen LogP contribution in [0.2, 0.25) is 0 Å². The summed E-state index contributed by atoms with van der Waals surface area (Å²) < 4.78 is 11.1. The third-order valence-electron chi connectivity index (χ3n) is 4.68. The highest BCUT2D eigenvalue weighted by molar-refractivity contribution is 9.11. The Morgan fingerprint density at radius 3 is 2.32 bits per heavy atom. The molecule has 37 heavy (non-hydrogen) atoms. The lowest BCUT2D eigenvalue weighted by Crippen LogP contribution is -2.42. The first-order valence-corrected chi connectivity index (χ1v) is 12.8. The van der Waals surface area contributed by atoms with Gasteiger partial charge >= 0.3 is 6.09 Å². The van der Waals surface area contributed by atoms with Crippen LogP contribution in [0.15, 0.2) is 108 Å². The van der Waals surface area contributed by atoms with Gasteiger partial charge < -0.3 is 20.1 Å². The highest BCUT2D eigenvalue weighted by Gasteiger charge is 2.21. The van der Waals surface area contributed by atoms with E-state index in [1.54, 1.807) is 63.1 Å². The Balaban J connectivity index is 5.05. The van der Waals surface area contributed by atoms with Crippen molar-refractivity contribution < 1.29 is 19.1 Å². The molecule has 0 rings (SSSR count). The third kappa shape index (κ3) is 16.1. The van der Waals surface area contributed by atoms with Gasteiger partial charge in [-0.2, -0.15) is 0 Å². The van der Waals surface area contributed by atoms with Gasteiger partial charge in [0.05, 0.1) is 6.04 Å². The van der Waals surface area contributed by atoms with Crippen molar-refractivity contribution in [1.29, 1.82) is 0 Å². The minimum Gasteiger partial charge on any atom is -0.492 e. The Bertz CT molecular complexity index is 1010. The first-order valence-electron chi connectivity index (χ1n) is 11.9. The van der Waals surface area contributed by atoms with Crippen molar-refractivity contribution in [2.75, 3.05) is 6.61 Å². The summed E-state index contributed by atoms with van der Waals surface area (Å²) in [7, 11) is 0. The van der Waals surface area contributed by atoms with E-state index < -0.39 is 17.7 Å². The van der Waals surface area contributed by atoms with Crippen LogP contribution in [0.5, 0.6) is 0 Å². The lowest BCUT2D eigenvalue weighted by molar-refractivity contribution is -0.116. The fourth-order valence-electron chi connectivity index (χ4n) is 2.56. The molecule has 202 valence electrons. The molecule has 0 aliphatic carbocycles. The van der Waals surface area contributed by atoms with Crippen molar-refractivity contribution in [2.45, 2.75) is 59.6 Å². The van der Waals surface area contributed by atoms with E-state index in [4.69, 9.17) is 9.47 Å². The summed E-state index contributed by atoms with van der Waals surface area (Å²) >= 11 is 3.23. The van der Waals surface area contributed by atoms with Crippen LogP contribution < -0.4 is 10.6 Å². The van der Waals surface area contributed by atoms with E-state index in [2.05, 4.69) is 46.3 Å². The summed E-state index contributed by atoms with van der Waals surface area (Å²) in [6, 6.07) is -0.524. The quantitative estimate of drug-likeness (QED) is 0.128. The maximum absolute atomic E-state index is 12.5. The van der Waals surface area contributed by atoms with E-state index in [1.807, 2.05) is 38.2 Å². The van der Waals surface area contributed by atoms with E-state index in [0.29, 0.717) is 23.3 Å². The number of carbonyl (C=O) groups excluding carboxylic acids is 2. The van der Waals surface area contributed by atoms with E-state index in [9.17, 15) is 9.59 Å². The lowest BCUT2D eigenvalue weighted by atomic mass is 10.1. The second-order valence-electron chi connectivity index (χ2n) is 9.00. The number of carbonyl (C=O) groups is 2. The molecule has 7 heteroatoms. The Kier molecular flexibility index (Phi) is 16.4. The first kappa shape index (κ1) is 33.7. The van der Waals surface area contributed by atoms with Gasteiger partial charge in [0.2, 0.25) is 0 Å². The molecule has 6 nitrogen and oxygen atoms in total. The second kappa shape index (κ2) is 18.0. The standard InChI is InChI=1S/C30H41BrN2O4/c1-10-12-16-23(4)27(33-29(35)37-30(7,8)9)21-36-25(6)18-14-13-17-24(5)28(34)32-26(19-15-20-31)22(3)11-2/h10-12,14-20,27H,1,4,6,13,21H2,2-3,5,7-9H3,(H,32,34)(H,33,35)/b16-12-,18-14-,20-15+,22-11-,24-17+,26-19+. The van der Waals surface area contributed by atoms with Crippen molar-refractivity contribution in [3.63, 3.8) is 0 Å². The lowest BCUT2D eigenvalue weighted by Gasteiger charge is -2.24. The molecule has 0 radical (unpaired) electrons. The van der Waals surface area contributed by atoms with Crippen LogP contribution in [-0.4, -0.2) is 30.3 Å². The molecule has 2 amide bonds. The van der Waals surface area contributed by atoms with Crippen molar-refractivity contribution in [1.82, 2.24) is 10.6 Å². The van der Waals surface area contributed by atoms with Crippen LogP contribution in [0.25, 0.3) is 0 Å². The van der Waals surface area contributed by atoms with Gasteiger partial charge in [-0.15, -0.1) is 0 Å². The average Bonchev–Trinajstić information content (AvgIpc) is 2.83. The summed E-state index contributed by atoms with van der Waals surface area (Å²) in [5.41, 5.74) is 2.27. The molecule has 0 fully saturated rings. The van der Waals surface area contributed by atoms with Crippen molar-refractivity contribution in [3.05, 3.63) is 108 Å². The molecule has 0 aliphatic heterocycles. The molecule has 0 bridgehead atoms. The van der Waals surface area contributed by atoms with E-state index in [-0.39, 0.29) is 12.5 Å². The van der Waals surface area contributed by atoms with Crippen molar-refractivity contribution >= 4 is 27.9 Å². The van der Waals surface area contributed by atoms with Crippen molar-refractivity contribution in [3.8, 4) is 0 Å². The summed E-state index contributed by atoms with van der Waals surface area (Å²) in [4.78, 5) is 26.5. The van der Waals surface area contributed by atoms with Gasteiger partial charge in [0, 0.05) is 11.3 Å². The number of rotatable bonds is 14. The monoisotopic (exact) mass is 572 g/mol.